The number of esters is 1. The van der Waals surface area contributed by atoms with Gasteiger partial charge in [-0.1, -0.05) is 81.1 Å². The number of hydrogen-bond acceptors (Lipinski definition) is 6. The Morgan fingerprint density at radius 2 is 1.55 bits per heavy atom. The van der Waals surface area contributed by atoms with Crippen molar-refractivity contribution in [2.24, 2.45) is 0 Å². The number of ether oxygens (including phenoxy) is 1. The van der Waals surface area contributed by atoms with Crippen molar-refractivity contribution in [3.8, 4) is 0 Å². The lowest BCUT2D eigenvalue weighted by Crippen LogP contribution is -2.20. The normalized spacial score (nSPS) is 11.0. The van der Waals surface area contributed by atoms with E-state index in [2.05, 4.69) is 24.3 Å². The average Bonchev–Trinajstić information content (AvgIpc) is 2.71. The minimum absolute atomic E-state index is 0.0517. The molecule has 0 aliphatic heterocycles. The Hall–Kier alpha value is -0.560. The molecule has 0 heterocycles. The summed E-state index contributed by atoms with van der Waals surface area (Å²) in [5.41, 5.74) is 1.33. The zero-order valence-corrected chi connectivity index (χ0v) is 20.5. The molecular formula is C23H37NO2S3. The van der Waals surface area contributed by atoms with Crippen LogP contribution >= 0.6 is 35.7 Å². The van der Waals surface area contributed by atoms with E-state index < -0.39 is 0 Å². The van der Waals surface area contributed by atoms with Crippen LogP contribution in [0.15, 0.2) is 30.3 Å². The molecule has 29 heavy (non-hydrogen) atoms. The number of unbranched alkanes of at least 4 members (excludes halogenated alkanes) is 7. The lowest BCUT2D eigenvalue weighted by molar-refractivity contribution is -0.144. The van der Waals surface area contributed by atoms with Crippen LogP contribution in [0.1, 0.15) is 63.4 Å². The predicted molar refractivity (Wildman–Crippen MR) is 134 cm³/mol. The van der Waals surface area contributed by atoms with Gasteiger partial charge in [-0.05, 0) is 38.3 Å². The minimum Gasteiger partial charge on any atom is -0.464 e. The van der Waals surface area contributed by atoms with Gasteiger partial charge in [0.2, 0.25) is 0 Å². The number of carbonyl (C=O) groups is 1. The summed E-state index contributed by atoms with van der Waals surface area (Å²) in [7, 11) is 3.96. The van der Waals surface area contributed by atoms with Crippen LogP contribution in [0.25, 0.3) is 0 Å². The van der Waals surface area contributed by atoms with E-state index >= 15 is 0 Å². The highest BCUT2D eigenvalue weighted by atomic mass is 32.2. The molecule has 0 unspecified atom stereocenters. The quantitative estimate of drug-likeness (QED) is 0.159. The topological polar surface area (TPSA) is 29.5 Å². The van der Waals surface area contributed by atoms with Gasteiger partial charge in [-0.3, -0.25) is 4.79 Å². The van der Waals surface area contributed by atoms with E-state index in [-0.39, 0.29) is 5.97 Å². The monoisotopic (exact) mass is 455 g/mol. The van der Waals surface area contributed by atoms with Gasteiger partial charge in [0.05, 0.1) is 0 Å². The Morgan fingerprint density at radius 3 is 2.21 bits per heavy atom. The fourth-order valence-electron chi connectivity index (χ4n) is 2.76. The van der Waals surface area contributed by atoms with Gasteiger partial charge in [0, 0.05) is 18.7 Å². The Labute approximate surface area is 191 Å². The highest BCUT2D eigenvalue weighted by Crippen LogP contribution is 2.23. The van der Waals surface area contributed by atoms with Crippen LogP contribution < -0.4 is 0 Å². The van der Waals surface area contributed by atoms with Crippen molar-refractivity contribution < 1.29 is 9.53 Å². The summed E-state index contributed by atoms with van der Waals surface area (Å²) in [6.45, 7) is 1.29. The van der Waals surface area contributed by atoms with E-state index in [1.165, 1.54) is 44.1 Å². The van der Waals surface area contributed by atoms with E-state index in [1.807, 2.05) is 36.8 Å². The second-order valence-corrected chi connectivity index (χ2v) is 10.7. The van der Waals surface area contributed by atoms with Gasteiger partial charge in [-0.15, -0.1) is 23.5 Å². The first-order valence-electron chi connectivity index (χ1n) is 10.7. The van der Waals surface area contributed by atoms with Crippen LogP contribution in [0.5, 0.6) is 0 Å². The largest absolute Gasteiger partial charge is 0.464 e. The van der Waals surface area contributed by atoms with Gasteiger partial charge in [0.1, 0.15) is 10.1 Å². The van der Waals surface area contributed by atoms with Crippen molar-refractivity contribution in [3.63, 3.8) is 0 Å². The Kier molecular flexibility index (Phi) is 16.6. The van der Waals surface area contributed by atoms with E-state index in [0.29, 0.717) is 13.0 Å². The van der Waals surface area contributed by atoms with Crippen molar-refractivity contribution in [3.05, 3.63) is 35.9 Å². The van der Waals surface area contributed by atoms with E-state index in [1.54, 1.807) is 11.8 Å². The molecule has 0 spiro atoms. The summed E-state index contributed by atoms with van der Waals surface area (Å²) >= 11 is 9.06. The van der Waals surface area contributed by atoms with Gasteiger partial charge in [-0.2, -0.15) is 0 Å². The molecule has 1 rings (SSSR count). The number of thiocarbonyl (C=S) groups is 1. The zero-order valence-electron chi connectivity index (χ0n) is 18.1. The zero-order chi connectivity index (χ0) is 21.2. The summed E-state index contributed by atoms with van der Waals surface area (Å²) < 4.78 is 6.26. The summed E-state index contributed by atoms with van der Waals surface area (Å²) in [6.07, 6.45) is 10.3. The molecule has 0 fully saturated rings. The fraction of sp³-hybridized carbons (Fsp3) is 0.652. The Morgan fingerprint density at radius 1 is 0.931 bits per heavy atom. The molecule has 0 aliphatic rings. The van der Waals surface area contributed by atoms with Gasteiger partial charge in [0.15, 0.2) is 0 Å². The summed E-state index contributed by atoms with van der Waals surface area (Å²) in [6, 6.07) is 10.5. The van der Waals surface area contributed by atoms with Crippen molar-refractivity contribution in [2.45, 2.75) is 63.5 Å². The Bertz CT molecular complexity index is 552. The SMILES string of the molecule is CN(C)CCOC(=O)CCCCCCCCCCSC(=S)SCc1ccccc1. The summed E-state index contributed by atoms with van der Waals surface area (Å²) in [5.74, 6) is 2.06. The molecule has 1 aromatic carbocycles. The molecule has 0 amide bonds. The first-order valence-corrected chi connectivity index (χ1v) is 13.1. The second kappa shape index (κ2) is 18.2. The molecule has 0 aliphatic carbocycles. The third-order valence-corrected chi connectivity index (χ3v) is 7.35. The predicted octanol–water partition coefficient (Wildman–Crippen LogP) is 6.55. The highest BCUT2D eigenvalue weighted by Gasteiger charge is 2.03. The minimum atomic E-state index is -0.0517. The third-order valence-electron chi connectivity index (χ3n) is 4.50. The molecule has 0 N–H and O–H groups in total. The Balaban J connectivity index is 1.82. The van der Waals surface area contributed by atoms with E-state index in [4.69, 9.17) is 17.0 Å². The van der Waals surface area contributed by atoms with Crippen LogP contribution in [0.2, 0.25) is 0 Å². The number of rotatable bonds is 16. The maximum absolute atomic E-state index is 11.6. The molecule has 0 atom stereocenters. The number of benzene rings is 1. The molecule has 1 aromatic rings. The molecule has 0 aromatic heterocycles. The van der Waals surface area contributed by atoms with Crippen molar-refractivity contribution >= 4 is 45.2 Å². The van der Waals surface area contributed by atoms with Crippen LogP contribution in [0.3, 0.4) is 0 Å². The molecule has 0 bridgehead atoms. The number of carbonyl (C=O) groups excluding carboxylic acids is 1. The number of nitrogens with zero attached hydrogens (tertiary/aromatic N) is 1. The van der Waals surface area contributed by atoms with Crippen LogP contribution in [-0.2, 0) is 15.3 Å². The molecular weight excluding hydrogens is 418 g/mol. The van der Waals surface area contributed by atoms with E-state index in [0.717, 1.165) is 34.4 Å². The molecule has 3 nitrogen and oxygen atoms in total. The molecule has 6 heteroatoms. The summed E-state index contributed by atoms with van der Waals surface area (Å²) in [5, 5.41) is 0. The maximum Gasteiger partial charge on any atom is 0.305 e. The van der Waals surface area contributed by atoms with Gasteiger partial charge in [0.25, 0.3) is 0 Å². The standard InChI is InChI=1S/C23H37NO2S3/c1-24(2)17-18-26-22(25)16-12-7-5-3-4-6-8-13-19-28-23(27)29-20-21-14-10-9-11-15-21/h9-11,14-15H,3-8,12-13,16-20H2,1-2H3. The van der Waals surface area contributed by atoms with Crippen molar-refractivity contribution in [1.82, 2.24) is 4.90 Å². The molecule has 164 valence electrons. The van der Waals surface area contributed by atoms with Crippen molar-refractivity contribution in [1.29, 1.82) is 0 Å². The average molecular weight is 456 g/mol. The van der Waals surface area contributed by atoms with Crippen LogP contribution in [0, 0.1) is 0 Å². The second-order valence-electron chi connectivity index (χ2n) is 7.47. The highest BCUT2D eigenvalue weighted by molar-refractivity contribution is 8.46. The lowest BCUT2D eigenvalue weighted by atomic mass is 10.1. The molecule has 0 radical (unpaired) electrons. The van der Waals surface area contributed by atoms with Crippen molar-refractivity contribution in [2.75, 3.05) is 33.0 Å². The van der Waals surface area contributed by atoms with Gasteiger partial charge < -0.3 is 9.64 Å². The van der Waals surface area contributed by atoms with Crippen LogP contribution in [-0.4, -0.2) is 47.4 Å². The molecule has 0 saturated carbocycles. The number of thioether (sulfide) groups is 2. The molecule has 0 saturated heterocycles. The smallest absolute Gasteiger partial charge is 0.305 e. The van der Waals surface area contributed by atoms with Gasteiger partial charge >= 0.3 is 5.97 Å². The number of hydrogen-bond donors (Lipinski definition) is 0. The lowest BCUT2D eigenvalue weighted by Gasteiger charge is -2.09. The third kappa shape index (κ3) is 16.9. The first-order chi connectivity index (χ1) is 14.1. The first kappa shape index (κ1) is 26.5. The fourth-order valence-corrected chi connectivity index (χ4v) is 4.94. The summed E-state index contributed by atoms with van der Waals surface area (Å²) in [4.78, 5) is 13.6. The van der Waals surface area contributed by atoms with Crippen LogP contribution in [0.4, 0.5) is 0 Å². The van der Waals surface area contributed by atoms with Gasteiger partial charge in [-0.25, -0.2) is 0 Å². The number of likely N-dealkylation sites (N-methyl/N-ethyl adjacent to an activating group) is 1. The van der Waals surface area contributed by atoms with E-state index in [9.17, 15) is 4.79 Å². The maximum atomic E-state index is 11.6.